The van der Waals surface area contributed by atoms with Crippen molar-refractivity contribution < 1.29 is 14.3 Å². The van der Waals surface area contributed by atoms with Crippen LogP contribution in [0.15, 0.2) is 23.4 Å². The molecule has 8 nitrogen and oxygen atoms in total. The summed E-state index contributed by atoms with van der Waals surface area (Å²) in [5, 5.41) is 15.2. The number of hydrogen-bond acceptors (Lipinski definition) is 7. The van der Waals surface area contributed by atoms with Gasteiger partial charge in [0.1, 0.15) is 11.5 Å². The lowest BCUT2D eigenvalue weighted by atomic mass is 10.1. The topological polar surface area (TPSA) is 91.2 Å². The number of carbonyl (C=O) groups excluding carboxylic acids is 1. The molecule has 0 saturated heterocycles. The summed E-state index contributed by atoms with van der Waals surface area (Å²) in [6.07, 6.45) is 2.87. The van der Waals surface area contributed by atoms with Crippen molar-refractivity contribution >= 4 is 17.7 Å². The molecule has 3 rings (SSSR count). The summed E-state index contributed by atoms with van der Waals surface area (Å²) < 4.78 is 12.4. The molecule has 1 heterocycles. The van der Waals surface area contributed by atoms with Gasteiger partial charge in [-0.15, -0.1) is 5.10 Å². The summed E-state index contributed by atoms with van der Waals surface area (Å²) in [4.78, 5) is 12.0. The smallest absolute Gasteiger partial charge is 0.230 e. The van der Waals surface area contributed by atoms with Gasteiger partial charge in [-0.3, -0.25) is 4.79 Å². The molecule has 1 aromatic carbocycles. The van der Waals surface area contributed by atoms with Crippen LogP contribution in [-0.2, 0) is 11.2 Å². The molecule has 25 heavy (non-hydrogen) atoms. The zero-order valence-electron chi connectivity index (χ0n) is 14.3. The van der Waals surface area contributed by atoms with Gasteiger partial charge in [-0.25, -0.2) is 4.68 Å². The Kier molecular flexibility index (Phi) is 5.75. The number of nitrogens with one attached hydrogen (secondary N) is 1. The Bertz CT molecular complexity index is 732. The second-order valence-electron chi connectivity index (χ2n) is 5.70. The van der Waals surface area contributed by atoms with E-state index in [9.17, 15) is 4.79 Å². The molecule has 0 spiro atoms. The highest BCUT2D eigenvalue weighted by molar-refractivity contribution is 7.99. The average molecular weight is 363 g/mol. The van der Waals surface area contributed by atoms with Crippen molar-refractivity contribution in [3.8, 4) is 11.5 Å². The normalized spacial score (nSPS) is 13.5. The third-order valence-corrected chi connectivity index (χ3v) is 4.83. The van der Waals surface area contributed by atoms with Crippen molar-refractivity contribution in [3.05, 3.63) is 23.8 Å². The molecule has 134 valence electrons. The number of rotatable bonds is 9. The molecule has 1 fully saturated rings. The Morgan fingerprint density at radius 3 is 2.92 bits per heavy atom. The standard InChI is InChI=1S/C16H21N5O3S/c1-23-13-5-6-14(24-2)11(9-13)7-8-17-15(22)10-25-16-18-19-20-21(16)12-3-4-12/h5-6,9,12H,3-4,7-8,10H2,1-2H3,(H,17,22). The zero-order chi connectivity index (χ0) is 17.6. The average Bonchev–Trinajstić information content (AvgIpc) is 3.37. The van der Waals surface area contributed by atoms with Crippen LogP contribution < -0.4 is 14.8 Å². The number of tetrazole rings is 1. The zero-order valence-corrected chi connectivity index (χ0v) is 15.1. The highest BCUT2D eigenvalue weighted by Crippen LogP contribution is 2.36. The van der Waals surface area contributed by atoms with E-state index >= 15 is 0 Å². The SMILES string of the molecule is COc1ccc(OC)c(CCNC(=O)CSc2nnnn2C2CC2)c1. The van der Waals surface area contributed by atoms with E-state index in [-0.39, 0.29) is 5.91 Å². The summed E-state index contributed by atoms with van der Waals surface area (Å²) in [5.41, 5.74) is 0.993. The van der Waals surface area contributed by atoms with Gasteiger partial charge in [-0.05, 0) is 53.5 Å². The third-order valence-electron chi connectivity index (χ3n) is 3.89. The third kappa shape index (κ3) is 4.62. The maximum Gasteiger partial charge on any atom is 0.230 e. The molecule has 1 aromatic heterocycles. The Morgan fingerprint density at radius 1 is 1.36 bits per heavy atom. The number of amides is 1. The Labute approximate surface area is 150 Å². The van der Waals surface area contributed by atoms with E-state index in [1.165, 1.54) is 11.8 Å². The first kappa shape index (κ1) is 17.5. The van der Waals surface area contributed by atoms with Crippen LogP contribution in [0.4, 0.5) is 0 Å². The first-order valence-electron chi connectivity index (χ1n) is 8.09. The predicted octanol–water partition coefficient (Wildman–Crippen LogP) is 1.48. The maximum absolute atomic E-state index is 12.0. The number of thioether (sulfide) groups is 1. The van der Waals surface area contributed by atoms with E-state index in [1.807, 2.05) is 18.2 Å². The number of benzene rings is 1. The number of aromatic nitrogens is 4. The molecular weight excluding hydrogens is 342 g/mol. The van der Waals surface area contributed by atoms with Gasteiger partial charge in [0.2, 0.25) is 11.1 Å². The minimum atomic E-state index is -0.0443. The first-order chi connectivity index (χ1) is 12.2. The molecule has 0 unspecified atom stereocenters. The summed E-state index contributed by atoms with van der Waals surface area (Å²) >= 11 is 1.36. The molecular formula is C16H21N5O3S. The quantitative estimate of drug-likeness (QED) is 0.675. The number of carbonyl (C=O) groups is 1. The number of ether oxygens (including phenoxy) is 2. The van der Waals surface area contributed by atoms with Gasteiger partial charge in [0.05, 0.1) is 26.0 Å². The van der Waals surface area contributed by atoms with E-state index in [4.69, 9.17) is 9.47 Å². The van der Waals surface area contributed by atoms with Gasteiger partial charge in [-0.2, -0.15) is 0 Å². The Balaban J connectivity index is 1.45. The van der Waals surface area contributed by atoms with Crippen LogP contribution in [0.1, 0.15) is 24.4 Å². The van der Waals surface area contributed by atoms with Crippen molar-refractivity contribution in [1.82, 2.24) is 25.5 Å². The molecule has 2 aromatic rings. The van der Waals surface area contributed by atoms with Crippen molar-refractivity contribution in [2.75, 3.05) is 26.5 Å². The highest BCUT2D eigenvalue weighted by Gasteiger charge is 2.28. The molecule has 0 aliphatic heterocycles. The fraction of sp³-hybridized carbons (Fsp3) is 0.500. The minimum Gasteiger partial charge on any atom is -0.497 e. The van der Waals surface area contributed by atoms with Crippen molar-refractivity contribution in [3.63, 3.8) is 0 Å². The lowest BCUT2D eigenvalue weighted by Gasteiger charge is -2.11. The van der Waals surface area contributed by atoms with Gasteiger partial charge in [0.25, 0.3) is 0 Å². The van der Waals surface area contributed by atoms with E-state index in [0.29, 0.717) is 29.9 Å². The van der Waals surface area contributed by atoms with Gasteiger partial charge < -0.3 is 14.8 Å². The largest absolute Gasteiger partial charge is 0.497 e. The molecule has 1 aliphatic rings. The van der Waals surface area contributed by atoms with E-state index in [0.717, 1.165) is 29.9 Å². The van der Waals surface area contributed by atoms with Crippen molar-refractivity contribution in [2.24, 2.45) is 0 Å². The summed E-state index contributed by atoms with van der Waals surface area (Å²) in [5.74, 6) is 1.80. The van der Waals surface area contributed by atoms with Crippen LogP contribution in [0.2, 0.25) is 0 Å². The molecule has 0 radical (unpaired) electrons. The van der Waals surface area contributed by atoms with Gasteiger partial charge in [-0.1, -0.05) is 11.8 Å². The maximum atomic E-state index is 12.0. The van der Waals surface area contributed by atoms with Crippen molar-refractivity contribution in [2.45, 2.75) is 30.5 Å². The fourth-order valence-corrected chi connectivity index (χ4v) is 3.20. The molecule has 1 N–H and O–H groups in total. The van der Waals surface area contributed by atoms with Crippen LogP contribution in [0.5, 0.6) is 11.5 Å². The number of hydrogen-bond donors (Lipinski definition) is 1. The van der Waals surface area contributed by atoms with Gasteiger partial charge in [0, 0.05) is 6.54 Å². The van der Waals surface area contributed by atoms with Crippen molar-refractivity contribution in [1.29, 1.82) is 0 Å². The lowest BCUT2D eigenvalue weighted by Crippen LogP contribution is -2.27. The minimum absolute atomic E-state index is 0.0443. The van der Waals surface area contributed by atoms with Crippen LogP contribution in [0, 0.1) is 0 Å². The lowest BCUT2D eigenvalue weighted by molar-refractivity contribution is -0.118. The molecule has 0 bridgehead atoms. The number of methoxy groups -OCH3 is 2. The molecule has 1 saturated carbocycles. The first-order valence-corrected chi connectivity index (χ1v) is 9.08. The molecule has 1 amide bonds. The Hall–Kier alpha value is -2.29. The van der Waals surface area contributed by atoms with E-state index in [2.05, 4.69) is 20.8 Å². The predicted molar refractivity (Wildman–Crippen MR) is 93.1 cm³/mol. The highest BCUT2D eigenvalue weighted by atomic mass is 32.2. The number of nitrogens with zero attached hydrogens (tertiary/aromatic N) is 4. The van der Waals surface area contributed by atoms with Crippen LogP contribution >= 0.6 is 11.8 Å². The van der Waals surface area contributed by atoms with Crippen LogP contribution in [-0.4, -0.2) is 52.6 Å². The second kappa shape index (κ2) is 8.19. The summed E-state index contributed by atoms with van der Waals surface area (Å²) in [7, 11) is 3.25. The molecule has 9 heteroatoms. The summed E-state index contributed by atoms with van der Waals surface area (Å²) in [6.45, 7) is 0.524. The Morgan fingerprint density at radius 2 is 2.20 bits per heavy atom. The van der Waals surface area contributed by atoms with Crippen LogP contribution in [0.25, 0.3) is 0 Å². The summed E-state index contributed by atoms with van der Waals surface area (Å²) in [6, 6.07) is 6.04. The van der Waals surface area contributed by atoms with Gasteiger partial charge in [0.15, 0.2) is 0 Å². The van der Waals surface area contributed by atoms with E-state index < -0.39 is 0 Å². The monoisotopic (exact) mass is 363 g/mol. The van der Waals surface area contributed by atoms with Crippen LogP contribution in [0.3, 0.4) is 0 Å². The molecule has 0 atom stereocenters. The molecule has 1 aliphatic carbocycles. The fourth-order valence-electron chi connectivity index (χ4n) is 2.42. The van der Waals surface area contributed by atoms with E-state index in [1.54, 1.807) is 18.9 Å². The second-order valence-corrected chi connectivity index (χ2v) is 6.65. The van der Waals surface area contributed by atoms with Gasteiger partial charge >= 0.3 is 0 Å².